The van der Waals surface area contributed by atoms with Crippen LogP contribution in [0.5, 0.6) is 5.75 Å². The van der Waals surface area contributed by atoms with Gasteiger partial charge >= 0.3 is 5.97 Å². The van der Waals surface area contributed by atoms with E-state index in [1.165, 1.54) is 13.4 Å². The molecule has 0 aliphatic heterocycles. The van der Waals surface area contributed by atoms with E-state index >= 15 is 0 Å². The van der Waals surface area contributed by atoms with Crippen molar-refractivity contribution in [2.75, 3.05) is 19.5 Å². The Morgan fingerprint density at radius 3 is 2.58 bits per heavy atom. The fourth-order valence-corrected chi connectivity index (χ4v) is 2.62. The molecule has 0 aliphatic rings. The summed E-state index contributed by atoms with van der Waals surface area (Å²) in [7, 11) is 3.00. The van der Waals surface area contributed by atoms with E-state index in [-0.39, 0.29) is 5.97 Å². The summed E-state index contributed by atoms with van der Waals surface area (Å²) in [6, 6.07) is 14.8. The number of hydrogen-bond donors (Lipinski definition) is 1. The number of aromatic nitrogens is 2. The maximum atomic E-state index is 11.6. The number of rotatable bonds is 5. The Labute approximate surface area is 151 Å². The van der Waals surface area contributed by atoms with Gasteiger partial charge in [0.2, 0.25) is 0 Å². The predicted octanol–water partition coefficient (Wildman–Crippen LogP) is 3.99. The average molecular weight is 349 g/mol. The van der Waals surface area contributed by atoms with Gasteiger partial charge in [-0.1, -0.05) is 12.1 Å². The average Bonchev–Trinajstić information content (AvgIpc) is 2.69. The van der Waals surface area contributed by atoms with Crippen LogP contribution in [0, 0.1) is 6.92 Å². The fraction of sp³-hybridized carbons (Fsp3) is 0.150. The van der Waals surface area contributed by atoms with Crippen LogP contribution in [0.2, 0.25) is 0 Å². The van der Waals surface area contributed by atoms with E-state index in [2.05, 4.69) is 15.3 Å². The first-order valence-corrected chi connectivity index (χ1v) is 8.04. The molecule has 0 fully saturated rings. The molecule has 0 spiro atoms. The molecule has 0 atom stereocenters. The number of anilines is 2. The van der Waals surface area contributed by atoms with Crippen LogP contribution < -0.4 is 10.1 Å². The Hall–Kier alpha value is -3.41. The van der Waals surface area contributed by atoms with Gasteiger partial charge in [0.15, 0.2) is 0 Å². The van der Waals surface area contributed by atoms with Crippen molar-refractivity contribution >= 4 is 17.5 Å². The quantitative estimate of drug-likeness (QED) is 0.702. The topological polar surface area (TPSA) is 73.3 Å². The summed E-state index contributed by atoms with van der Waals surface area (Å²) < 4.78 is 10.1. The SMILES string of the molecule is COC(=O)c1ccc(Nc2cc(-c3ccccc3OC)ncn2)c(C)c1. The van der Waals surface area contributed by atoms with Gasteiger partial charge in [0, 0.05) is 17.3 Å². The molecule has 2 aromatic carbocycles. The zero-order valence-corrected chi connectivity index (χ0v) is 14.8. The largest absolute Gasteiger partial charge is 0.496 e. The fourth-order valence-electron chi connectivity index (χ4n) is 2.62. The molecule has 0 saturated carbocycles. The molecular weight excluding hydrogens is 330 g/mol. The van der Waals surface area contributed by atoms with Crippen LogP contribution in [0.1, 0.15) is 15.9 Å². The second-order valence-corrected chi connectivity index (χ2v) is 5.64. The van der Waals surface area contributed by atoms with Gasteiger partial charge in [-0.3, -0.25) is 0 Å². The lowest BCUT2D eigenvalue weighted by Crippen LogP contribution is -2.03. The molecule has 0 radical (unpaired) electrons. The summed E-state index contributed by atoms with van der Waals surface area (Å²) in [6.07, 6.45) is 1.50. The normalized spacial score (nSPS) is 10.3. The summed E-state index contributed by atoms with van der Waals surface area (Å²) >= 11 is 0. The molecule has 132 valence electrons. The van der Waals surface area contributed by atoms with Crippen molar-refractivity contribution in [2.45, 2.75) is 6.92 Å². The predicted molar refractivity (Wildman–Crippen MR) is 99.8 cm³/mol. The third-order valence-electron chi connectivity index (χ3n) is 3.96. The van der Waals surface area contributed by atoms with Crippen LogP contribution in [0.3, 0.4) is 0 Å². The van der Waals surface area contributed by atoms with Gasteiger partial charge in [-0.15, -0.1) is 0 Å². The van der Waals surface area contributed by atoms with Gasteiger partial charge < -0.3 is 14.8 Å². The highest BCUT2D eigenvalue weighted by Gasteiger charge is 2.10. The zero-order valence-electron chi connectivity index (χ0n) is 14.8. The van der Waals surface area contributed by atoms with Crippen molar-refractivity contribution in [3.8, 4) is 17.0 Å². The van der Waals surface area contributed by atoms with E-state index in [9.17, 15) is 4.79 Å². The summed E-state index contributed by atoms with van der Waals surface area (Å²) in [5.41, 5.74) is 3.91. The molecule has 1 heterocycles. The summed E-state index contributed by atoms with van der Waals surface area (Å²) in [6.45, 7) is 1.91. The smallest absolute Gasteiger partial charge is 0.337 e. The molecule has 3 rings (SSSR count). The molecular formula is C20H19N3O3. The van der Waals surface area contributed by atoms with E-state index < -0.39 is 0 Å². The van der Waals surface area contributed by atoms with Crippen LogP contribution in [0.4, 0.5) is 11.5 Å². The molecule has 0 aliphatic carbocycles. The first kappa shape index (κ1) is 17.4. The van der Waals surface area contributed by atoms with Gasteiger partial charge in [0.05, 0.1) is 25.5 Å². The van der Waals surface area contributed by atoms with Crippen molar-refractivity contribution in [1.82, 2.24) is 9.97 Å². The molecule has 6 heteroatoms. The highest BCUT2D eigenvalue weighted by atomic mass is 16.5. The minimum absolute atomic E-state index is 0.361. The summed E-state index contributed by atoms with van der Waals surface area (Å²) in [5.74, 6) is 1.03. The van der Waals surface area contributed by atoms with Crippen molar-refractivity contribution in [3.05, 3.63) is 66.0 Å². The molecule has 6 nitrogen and oxygen atoms in total. The molecule has 0 amide bonds. The van der Waals surface area contributed by atoms with Crippen LogP contribution >= 0.6 is 0 Å². The van der Waals surface area contributed by atoms with E-state index in [4.69, 9.17) is 9.47 Å². The van der Waals surface area contributed by atoms with E-state index in [0.29, 0.717) is 11.4 Å². The van der Waals surface area contributed by atoms with Gasteiger partial charge in [-0.2, -0.15) is 0 Å². The lowest BCUT2D eigenvalue weighted by molar-refractivity contribution is 0.0600. The number of methoxy groups -OCH3 is 2. The third kappa shape index (κ3) is 3.64. The zero-order chi connectivity index (χ0) is 18.5. The third-order valence-corrected chi connectivity index (χ3v) is 3.96. The van der Waals surface area contributed by atoms with E-state index in [1.807, 2.05) is 43.3 Å². The van der Waals surface area contributed by atoms with E-state index in [0.717, 1.165) is 28.3 Å². The number of nitrogens with zero attached hydrogens (tertiary/aromatic N) is 2. The van der Waals surface area contributed by atoms with Crippen molar-refractivity contribution in [2.24, 2.45) is 0 Å². The lowest BCUT2D eigenvalue weighted by atomic mass is 10.1. The number of esters is 1. The lowest BCUT2D eigenvalue weighted by Gasteiger charge is -2.12. The molecule has 1 aromatic heterocycles. The maximum absolute atomic E-state index is 11.6. The molecule has 3 aromatic rings. The minimum Gasteiger partial charge on any atom is -0.496 e. The standard InChI is InChI=1S/C20H19N3O3/c1-13-10-14(20(24)26-3)8-9-16(13)23-19-11-17(21-12-22-19)15-6-4-5-7-18(15)25-2/h4-12H,1-3H3,(H,21,22,23). The van der Waals surface area contributed by atoms with Crippen LogP contribution in [-0.2, 0) is 4.74 Å². The van der Waals surface area contributed by atoms with Gasteiger partial charge in [0.1, 0.15) is 17.9 Å². The van der Waals surface area contributed by atoms with Gasteiger partial charge in [0.25, 0.3) is 0 Å². The Kier molecular flexibility index (Phi) is 5.12. The van der Waals surface area contributed by atoms with Crippen LogP contribution in [0.15, 0.2) is 54.9 Å². The maximum Gasteiger partial charge on any atom is 0.337 e. The number of hydrogen-bond acceptors (Lipinski definition) is 6. The van der Waals surface area contributed by atoms with E-state index in [1.54, 1.807) is 19.2 Å². The molecule has 26 heavy (non-hydrogen) atoms. The Balaban J connectivity index is 1.89. The highest BCUT2D eigenvalue weighted by Crippen LogP contribution is 2.29. The van der Waals surface area contributed by atoms with Crippen LogP contribution in [-0.4, -0.2) is 30.2 Å². The molecule has 0 bridgehead atoms. The number of carbonyl (C=O) groups excluding carboxylic acids is 1. The highest BCUT2D eigenvalue weighted by molar-refractivity contribution is 5.90. The second kappa shape index (κ2) is 7.65. The number of para-hydroxylation sites is 1. The Morgan fingerprint density at radius 1 is 1.04 bits per heavy atom. The van der Waals surface area contributed by atoms with Gasteiger partial charge in [-0.05, 0) is 42.8 Å². The molecule has 0 saturated heterocycles. The monoisotopic (exact) mass is 349 g/mol. The van der Waals surface area contributed by atoms with Crippen molar-refractivity contribution in [1.29, 1.82) is 0 Å². The molecule has 0 unspecified atom stereocenters. The first-order valence-electron chi connectivity index (χ1n) is 8.04. The van der Waals surface area contributed by atoms with Crippen LogP contribution in [0.25, 0.3) is 11.3 Å². The van der Waals surface area contributed by atoms with Crippen molar-refractivity contribution < 1.29 is 14.3 Å². The number of ether oxygens (including phenoxy) is 2. The Bertz CT molecular complexity index is 941. The first-order chi connectivity index (χ1) is 12.6. The minimum atomic E-state index is -0.361. The van der Waals surface area contributed by atoms with Crippen molar-refractivity contribution in [3.63, 3.8) is 0 Å². The second-order valence-electron chi connectivity index (χ2n) is 5.64. The summed E-state index contributed by atoms with van der Waals surface area (Å²) in [5, 5.41) is 3.26. The number of aryl methyl sites for hydroxylation is 1. The van der Waals surface area contributed by atoms with Gasteiger partial charge in [-0.25, -0.2) is 14.8 Å². The molecule has 1 N–H and O–H groups in total. The summed E-state index contributed by atoms with van der Waals surface area (Å²) in [4.78, 5) is 20.2. The number of benzene rings is 2. The number of nitrogens with one attached hydrogen (secondary N) is 1. The number of carbonyl (C=O) groups is 1. The Morgan fingerprint density at radius 2 is 1.85 bits per heavy atom.